The molecule has 1 heterocycles. The zero-order valence-electron chi connectivity index (χ0n) is 15.7. The quantitative estimate of drug-likeness (QED) is 0.314. The maximum Gasteiger partial charge on any atom is 0.0900 e. The summed E-state index contributed by atoms with van der Waals surface area (Å²) in [5, 5.41) is 13.6. The second kappa shape index (κ2) is 7.48. The second-order valence-electron chi connectivity index (χ2n) is 6.93. The molecule has 0 saturated carbocycles. The van der Waals surface area contributed by atoms with E-state index in [1.807, 2.05) is 84.9 Å². The standard InChI is InChI=1S/C24H16Cl2N4/c25-15-5-9-17(10-6-15)28-21-14-22-24(13-19(21)27)30(18-11-7-16(26)8-12-18)23-4-2-1-3-20(23)29-22/h1-14,27-28H. The van der Waals surface area contributed by atoms with Crippen LogP contribution in [0.3, 0.4) is 0 Å². The molecule has 1 aliphatic heterocycles. The number of hydrogen-bond donors (Lipinski definition) is 2. The predicted molar refractivity (Wildman–Crippen MR) is 123 cm³/mol. The normalized spacial score (nSPS) is 11.1. The van der Waals surface area contributed by atoms with Crippen molar-refractivity contribution in [1.82, 2.24) is 9.55 Å². The number of fused-ring (bicyclic) bond motifs is 2. The van der Waals surface area contributed by atoms with E-state index in [1.54, 1.807) is 0 Å². The summed E-state index contributed by atoms with van der Waals surface area (Å²) in [4.78, 5) is 4.85. The molecule has 0 radical (unpaired) electrons. The lowest BCUT2D eigenvalue weighted by Crippen LogP contribution is -2.13. The first kappa shape index (κ1) is 18.7. The van der Waals surface area contributed by atoms with E-state index in [1.165, 1.54) is 0 Å². The minimum absolute atomic E-state index is 0.372. The molecule has 1 aliphatic carbocycles. The van der Waals surface area contributed by atoms with Crippen LogP contribution in [0.2, 0.25) is 10.0 Å². The Bertz CT molecular complexity index is 1390. The van der Waals surface area contributed by atoms with Crippen LogP contribution >= 0.6 is 23.2 Å². The van der Waals surface area contributed by atoms with Crippen LogP contribution in [0.25, 0.3) is 28.1 Å². The van der Waals surface area contributed by atoms with Crippen LogP contribution in [-0.4, -0.2) is 9.55 Å². The molecule has 30 heavy (non-hydrogen) atoms. The van der Waals surface area contributed by atoms with Crippen molar-refractivity contribution in [3.8, 4) is 17.1 Å². The van der Waals surface area contributed by atoms with Gasteiger partial charge in [-0.15, -0.1) is 0 Å². The van der Waals surface area contributed by atoms with Gasteiger partial charge in [-0.05, 0) is 72.8 Å². The number of aromatic nitrogens is 2. The van der Waals surface area contributed by atoms with Gasteiger partial charge in [0.2, 0.25) is 0 Å². The fourth-order valence-electron chi connectivity index (χ4n) is 3.51. The molecule has 3 aromatic carbocycles. The smallest absolute Gasteiger partial charge is 0.0900 e. The van der Waals surface area contributed by atoms with E-state index in [0.29, 0.717) is 21.1 Å². The molecule has 0 atom stereocenters. The zero-order chi connectivity index (χ0) is 20.7. The molecule has 2 N–H and O–H groups in total. The molecule has 3 aromatic rings. The van der Waals surface area contributed by atoms with Gasteiger partial charge in [-0.2, -0.15) is 0 Å². The third kappa shape index (κ3) is 3.41. The van der Waals surface area contributed by atoms with Crippen molar-refractivity contribution in [2.24, 2.45) is 0 Å². The van der Waals surface area contributed by atoms with E-state index >= 15 is 0 Å². The zero-order valence-corrected chi connectivity index (χ0v) is 17.2. The maximum atomic E-state index is 8.59. The minimum Gasteiger partial charge on any atom is -0.354 e. The topological polar surface area (TPSA) is 53.7 Å². The van der Waals surface area contributed by atoms with E-state index in [4.69, 9.17) is 33.6 Å². The highest BCUT2D eigenvalue weighted by Crippen LogP contribution is 2.30. The van der Waals surface area contributed by atoms with Crippen LogP contribution in [0.1, 0.15) is 0 Å². The minimum atomic E-state index is 0.372. The Hall–Kier alpha value is -3.34. The van der Waals surface area contributed by atoms with E-state index in [9.17, 15) is 0 Å². The Balaban J connectivity index is 1.74. The Morgan fingerprint density at radius 2 is 1.47 bits per heavy atom. The van der Waals surface area contributed by atoms with Crippen molar-refractivity contribution in [1.29, 1.82) is 5.41 Å². The van der Waals surface area contributed by atoms with E-state index < -0.39 is 0 Å². The molecule has 0 unspecified atom stereocenters. The Morgan fingerprint density at radius 1 is 0.800 bits per heavy atom. The summed E-state index contributed by atoms with van der Waals surface area (Å²) in [5.41, 5.74) is 5.97. The van der Waals surface area contributed by atoms with Gasteiger partial charge in [0, 0.05) is 21.4 Å². The Labute approximate surface area is 183 Å². The van der Waals surface area contributed by atoms with Gasteiger partial charge in [-0.3, -0.25) is 5.41 Å². The number of halogens is 2. The largest absolute Gasteiger partial charge is 0.354 e. The Kier molecular flexibility index (Phi) is 4.66. The molecule has 5 rings (SSSR count). The first-order valence-corrected chi connectivity index (χ1v) is 10.1. The van der Waals surface area contributed by atoms with Gasteiger partial charge < -0.3 is 9.88 Å². The van der Waals surface area contributed by atoms with Gasteiger partial charge in [0.1, 0.15) is 0 Å². The summed E-state index contributed by atoms with van der Waals surface area (Å²) >= 11 is 12.1. The molecular weight excluding hydrogens is 415 g/mol. The molecule has 0 saturated heterocycles. The average Bonchev–Trinajstić information content (AvgIpc) is 2.75. The van der Waals surface area contributed by atoms with Gasteiger partial charge in [-0.1, -0.05) is 35.3 Å². The van der Waals surface area contributed by atoms with Crippen molar-refractivity contribution in [3.63, 3.8) is 0 Å². The first-order valence-electron chi connectivity index (χ1n) is 9.37. The number of benzene rings is 4. The molecule has 4 nitrogen and oxygen atoms in total. The van der Waals surface area contributed by atoms with Gasteiger partial charge in [-0.25, -0.2) is 4.98 Å². The number of nitrogens with one attached hydrogen (secondary N) is 2. The summed E-state index contributed by atoms with van der Waals surface area (Å²) < 4.78 is 2.11. The predicted octanol–water partition coefficient (Wildman–Crippen LogP) is 6.66. The average molecular weight is 431 g/mol. The highest BCUT2D eigenvalue weighted by atomic mass is 35.5. The van der Waals surface area contributed by atoms with Crippen LogP contribution in [0.5, 0.6) is 0 Å². The number of para-hydroxylation sites is 2. The molecule has 0 amide bonds. The maximum absolute atomic E-state index is 8.59. The molecule has 6 heteroatoms. The van der Waals surface area contributed by atoms with Crippen LogP contribution in [-0.2, 0) is 0 Å². The fourth-order valence-corrected chi connectivity index (χ4v) is 3.77. The highest BCUT2D eigenvalue weighted by molar-refractivity contribution is 6.30. The molecule has 2 aliphatic rings. The first-order chi connectivity index (χ1) is 14.6. The van der Waals surface area contributed by atoms with E-state index in [0.717, 1.165) is 33.8 Å². The lowest BCUT2D eigenvalue weighted by Gasteiger charge is -2.20. The summed E-state index contributed by atoms with van der Waals surface area (Å²) in [5.74, 6) is 0. The van der Waals surface area contributed by atoms with Crippen LogP contribution in [0, 0.1) is 5.41 Å². The fraction of sp³-hybridized carbons (Fsp3) is 0. The lowest BCUT2D eigenvalue weighted by molar-refractivity contribution is 1.07. The van der Waals surface area contributed by atoms with Crippen molar-refractivity contribution < 1.29 is 0 Å². The third-order valence-corrected chi connectivity index (χ3v) is 5.43. The van der Waals surface area contributed by atoms with Crippen molar-refractivity contribution in [2.45, 2.75) is 0 Å². The molecular formula is C24H16Cl2N4. The summed E-state index contributed by atoms with van der Waals surface area (Å²) in [6.07, 6.45) is 0. The molecule has 0 spiro atoms. The number of rotatable bonds is 3. The van der Waals surface area contributed by atoms with Gasteiger partial charge in [0.25, 0.3) is 0 Å². The molecule has 146 valence electrons. The second-order valence-corrected chi connectivity index (χ2v) is 7.80. The van der Waals surface area contributed by atoms with E-state index in [-0.39, 0.29) is 0 Å². The SMILES string of the molecule is N=c1cc2n(-c3ccc(Cl)cc3)c3ccccc3nc-2cc1Nc1ccc(Cl)cc1. The summed E-state index contributed by atoms with van der Waals surface area (Å²) in [7, 11) is 0. The van der Waals surface area contributed by atoms with Gasteiger partial charge in [0.05, 0.1) is 33.5 Å². The molecule has 0 aromatic heterocycles. The van der Waals surface area contributed by atoms with Crippen LogP contribution in [0.4, 0.5) is 11.4 Å². The summed E-state index contributed by atoms with van der Waals surface area (Å²) in [6, 6.07) is 26.8. The highest BCUT2D eigenvalue weighted by Gasteiger charge is 2.16. The van der Waals surface area contributed by atoms with Crippen molar-refractivity contribution in [2.75, 3.05) is 5.32 Å². The monoisotopic (exact) mass is 430 g/mol. The summed E-state index contributed by atoms with van der Waals surface area (Å²) in [6.45, 7) is 0. The lowest BCUT2D eigenvalue weighted by atomic mass is 10.1. The van der Waals surface area contributed by atoms with Gasteiger partial charge in [0.15, 0.2) is 0 Å². The third-order valence-electron chi connectivity index (χ3n) is 4.93. The number of nitrogens with zero attached hydrogens (tertiary/aromatic N) is 2. The number of hydrogen-bond acceptors (Lipinski definition) is 3. The molecule has 0 fully saturated rings. The Morgan fingerprint density at radius 3 is 2.20 bits per heavy atom. The number of anilines is 2. The van der Waals surface area contributed by atoms with E-state index in [2.05, 4.69) is 9.88 Å². The van der Waals surface area contributed by atoms with Crippen LogP contribution in [0.15, 0.2) is 84.9 Å². The van der Waals surface area contributed by atoms with Gasteiger partial charge >= 0.3 is 0 Å². The van der Waals surface area contributed by atoms with Crippen molar-refractivity contribution >= 4 is 45.6 Å². The van der Waals surface area contributed by atoms with Crippen LogP contribution < -0.4 is 10.7 Å². The van der Waals surface area contributed by atoms with Crippen molar-refractivity contribution in [3.05, 3.63) is 100 Å². The molecule has 0 bridgehead atoms.